The van der Waals surface area contributed by atoms with Crippen molar-refractivity contribution >= 4 is 28.9 Å². The molecule has 3 N–H and O–H groups in total. The van der Waals surface area contributed by atoms with Gasteiger partial charge in [-0.2, -0.15) is 13.2 Å². The number of amides is 2. The van der Waals surface area contributed by atoms with Gasteiger partial charge in [-0.05, 0) is 55.3 Å². The first kappa shape index (κ1) is 18.8. The van der Waals surface area contributed by atoms with Gasteiger partial charge in [0.15, 0.2) is 0 Å². The lowest BCUT2D eigenvalue weighted by Gasteiger charge is -2.27. The van der Waals surface area contributed by atoms with Gasteiger partial charge in [0.2, 0.25) is 11.8 Å². The molecule has 0 spiro atoms. The van der Waals surface area contributed by atoms with Gasteiger partial charge < -0.3 is 16.0 Å². The molecule has 5 nitrogen and oxygen atoms in total. The summed E-state index contributed by atoms with van der Waals surface area (Å²) in [7, 11) is 0. The summed E-state index contributed by atoms with van der Waals surface area (Å²) >= 11 is 0. The van der Waals surface area contributed by atoms with Gasteiger partial charge in [0.1, 0.15) is 6.04 Å². The zero-order valence-electron chi connectivity index (χ0n) is 14.7. The van der Waals surface area contributed by atoms with Crippen molar-refractivity contribution < 1.29 is 22.8 Å². The maximum absolute atomic E-state index is 12.8. The number of carbonyl (C=O) groups is 2. The Morgan fingerprint density at radius 1 is 1.11 bits per heavy atom. The van der Waals surface area contributed by atoms with Crippen LogP contribution in [-0.4, -0.2) is 17.9 Å². The topological polar surface area (TPSA) is 70.2 Å². The Bertz CT molecular complexity index is 910. The SMILES string of the molecule is Cc1cc2c(cc1C)N[C@@H](CC(=O)Nc1cccc(C(F)(F)F)c1)C(=O)N2. The van der Waals surface area contributed by atoms with Gasteiger partial charge in [0, 0.05) is 5.69 Å². The molecule has 0 fully saturated rings. The Labute approximate surface area is 154 Å². The molecule has 1 aliphatic rings. The fourth-order valence-electron chi connectivity index (χ4n) is 2.83. The first-order valence-corrected chi connectivity index (χ1v) is 8.29. The highest BCUT2D eigenvalue weighted by Crippen LogP contribution is 2.32. The monoisotopic (exact) mass is 377 g/mol. The summed E-state index contributed by atoms with van der Waals surface area (Å²) in [5.41, 5.74) is 2.57. The lowest BCUT2D eigenvalue weighted by atomic mass is 10.0. The molecular weight excluding hydrogens is 359 g/mol. The number of halogens is 3. The highest BCUT2D eigenvalue weighted by Gasteiger charge is 2.31. The van der Waals surface area contributed by atoms with Crippen molar-refractivity contribution in [2.75, 3.05) is 16.0 Å². The molecule has 0 bridgehead atoms. The number of benzene rings is 2. The highest BCUT2D eigenvalue weighted by atomic mass is 19.4. The van der Waals surface area contributed by atoms with Gasteiger partial charge in [-0.1, -0.05) is 6.07 Å². The molecule has 27 heavy (non-hydrogen) atoms. The van der Waals surface area contributed by atoms with Crippen LogP contribution in [0.25, 0.3) is 0 Å². The van der Waals surface area contributed by atoms with Gasteiger partial charge in [0.05, 0.1) is 23.4 Å². The van der Waals surface area contributed by atoms with E-state index in [0.29, 0.717) is 11.4 Å². The molecule has 2 aromatic carbocycles. The Morgan fingerprint density at radius 2 is 1.78 bits per heavy atom. The fourth-order valence-corrected chi connectivity index (χ4v) is 2.83. The van der Waals surface area contributed by atoms with E-state index in [4.69, 9.17) is 0 Å². The number of rotatable bonds is 3. The average Bonchev–Trinajstić information content (AvgIpc) is 2.57. The van der Waals surface area contributed by atoms with E-state index in [-0.39, 0.29) is 18.0 Å². The molecule has 0 saturated heterocycles. The largest absolute Gasteiger partial charge is 0.416 e. The van der Waals surface area contributed by atoms with Gasteiger partial charge in [-0.25, -0.2) is 0 Å². The van der Waals surface area contributed by atoms with E-state index in [9.17, 15) is 22.8 Å². The van der Waals surface area contributed by atoms with Crippen LogP contribution in [0.3, 0.4) is 0 Å². The number of anilines is 3. The van der Waals surface area contributed by atoms with E-state index in [1.807, 2.05) is 26.0 Å². The van der Waals surface area contributed by atoms with Crippen molar-refractivity contribution in [2.24, 2.45) is 0 Å². The summed E-state index contributed by atoms with van der Waals surface area (Å²) < 4.78 is 38.3. The van der Waals surface area contributed by atoms with Crippen LogP contribution in [0.5, 0.6) is 0 Å². The first-order chi connectivity index (χ1) is 12.6. The zero-order chi connectivity index (χ0) is 19.8. The summed E-state index contributed by atoms with van der Waals surface area (Å²) in [6.07, 6.45) is -4.71. The molecule has 0 aromatic heterocycles. The van der Waals surface area contributed by atoms with Crippen LogP contribution < -0.4 is 16.0 Å². The van der Waals surface area contributed by atoms with Crippen LogP contribution in [0.15, 0.2) is 36.4 Å². The lowest BCUT2D eigenvalue weighted by molar-refractivity contribution is -0.137. The maximum atomic E-state index is 12.8. The van der Waals surface area contributed by atoms with Gasteiger partial charge >= 0.3 is 6.18 Å². The molecule has 142 valence electrons. The van der Waals surface area contributed by atoms with Gasteiger partial charge in [-0.15, -0.1) is 0 Å². The molecule has 1 heterocycles. The zero-order valence-corrected chi connectivity index (χ0v) is 14.7. The van der Waals surface area contributed by atoms with Crippen molar-refractivity contribution in [3.8, 4) is 0 Å². The molecule has 3 rings (SSSR count). The summed E-state index contributed by atoms with van der Waals surface area (Å²) in [5, 5.41) is 8.17. The molecule has 2 amide bonds. The first-order valence-electron chi connectivity index (χ1n) is 8.29. The third-order valence-electron chi connectivity index (χ3n) is 4.40. The Kier molecular flexibility index (Phi) is 4.82. The Hall–Kier alpha value is -3.03. The smallest absolute Gasteiger partial charge is 0.372 e. The van der Waals surface area contributed by atoms with E-state index >= 15 is 0 Å². The van der Waals surface area contributed by atoms with Crippen molar-refractivity contribution in [1.82, 2.24) is 0 Å². The number of carbonyl (C=O) groups excluding carboxylic acids is 2. The third kappa shape index (κ3) is 4.21. The normalized spacial score (nSPS) is 16.2. The molecule has 1 aliphatic heterocycles. The molecule has 8 heteroatoms. The van der Waals surface area contributed by atoms with E-state index in [1.54, 1.807) is 0 Å². The standard InChI is InChI=1S/C19H18F3N3O2/c1-10-6-14-15(7-11(10)2)25-18(27)16(24-14)9-17(26)23-13-5-3-4-12(8-13)19(20,21)22/h3-8,16,24H,9H2,1-2H3,(H,23,26)(H,25,27)/t16-/m0/s1. The number of hydrogen-bond acceptors (Lipinski definition) is 3. The van der Waals surface area contributed by atoms with E-state index < -0.39 is 23.7 Å². The van der Waals surface area contributed by atoms with Crippen LogP contribution in [0, 0.1) is 13.8 Å². The summed E-state index contributed by atoms with van der Waals surface area (Å²) in [6, 6.07) is 7.26. The minimum atomic E-state index is -4.49. The van der Waals surface area contributed by atoms with Crippen molar-refractivity contribution in [3.05, 3.63) is 53.1 Å². The number of nitrogens with one attached hydrogen (secondary N) is 3. The van der Waals surface area contributed by atoms with Gasteiger partial charge in [0.25, 0.3) is 0 Å². The van der Waals surface area contributed by atoms with Crippen molar-refractivity contribution in [1.29, 1.82) is 0 Å². The average molecular weight is 377 g/mol. The lowest BCUT2D eigenvalue weighted by Crippen LogP contribution is -2.41. The van der Waals surface area contributed by atoms with Crippen LogP contribution in [-0.2, 0) is 15.8 Å². The number of fused-ring (bicyclic) bond motifs is 1. The van der Waals surface area contributed by atoms with E-state index in [2.05, 4.69) is 16.0 Å². The van der Waals surface area contributed by atoms with Crippen LogP contribution in [0.1, 0.15) is 23.1 Å². The minimum absolute atomic E-state index is 0.0258. The second kappa shape index (κ2) is 6.94. The Morgan fingerprint density at radius 3 is 2.44 bits per heavy atom. The predicted octanol–water partition coefficient (Wildman–Crippen LogP) is 4.08. The van der Waals surface area contributed by atoms with Gasteiger partial charge in [-0.3, -0.25) is 9.59 Å². The van der Waals surface area contributed by atoms with E-state index in [0.717, 1.165) is 23.3 Å². The molecule has 2 aromatic rings. The second-order valence-electron chi connectivity index (χ2n) is 6.50. The van der Waals surface area contributed by atoms with E-state index in [1.165, 1.54) is 12.1 Å². The molecule has 0 aliphatic carbocycles. The molecule has 0 unspecified atom stereocenters. The molecule has 1 atom stereocenters. The minimum Gasteiger partial charge on any atom is -0.372 e. The fraction of sp³-hybridized carbons (Fsp3) is 0.263. The molecule has 0 saturated carbocycles. The number of alkyl halides is 3. The predicted molar refractivity (Wildman–Crippen MR) is 96.6 cm³/mol. The number of hydrogen-bond donors (Lipinski definition) is 3. The summed E-state index contributed by atoms with van der Waals surface area (Å²) in [4.78, 5) is 24.4. The van der Waals surface area contributed by atoms with Crippen LogP contribution in [0.4, 0.5) is 30.2 Å². The molecule has 0 radical (unpaired) electrons. The quantitative estimate of drug-likeness (QED) is 0.755. The van der Waals surface area contributed by atoms with Crippen molar-refractivity contribution in [2.45, 2.75) is 32.5 Å². The Balaban J connectivity index is 1.69. The van der Waals surface area contributed by atoms with Crippen molar-refractivity contribution in [3.63, 3.8) is 0 Å². The van der Waals surface area contributed by atoms with Crippen LogP contribution in [0.2, 0.25) is 0 Å². The number of aryl methyl sites for hydroxylation is 2. The summed E-state index contributed by atoms with van der Waals surface area (Å²) in [6.45, 7) is 3.86. The third-order valence-corrected chi connectivity index (χ3v) is 4.40. The summed E-state index contributed by atoms with van der Waals surface area (Å²) in [5.74, 6) is -0.931. The van der Waals surface area contributed by atoms with Crippen LogP contribution >= 0.6 is 0 Å². The second-order valence-corrected chi connectivity index (χ2v) is 6.50. The highest BCUT2D eigenvalue weighted by molar-refractivity contribution is 6.06. The molecular formula is C19H18F3N3O2. The maximum Gasteiger partial charge on any atom is 0.416 e.